The fraction of sp³-hybridized carbons (Fsp3) is 0.450. The van der Waals surface area contributed by atoms with Crippen LogP contribution in [0.2, 0.25) is 0 Å². The number of amides is 3. The third-order valence-corrected chi connectivity index (χ3v) is 5.05. The number of likely N-dealkylation sites (N-methyl/N-ethyl adjacent to an activating group) is 1. The minimum atomic E-state index is -1.09. The van der Waals surface area contributed by atoms with Crippen molar-refractivity contribution in [3.05, 3.63) is 23.8 Å². The molecule has 0 aliphatic carbocycles. The smallest absolute Gasteiger partial charge is 0.305 e. The van der Waals surface area contributed by atoms with Gasteiger partial charge in [-0.2, -0.15) is 0 Å². The molecule has 0 radical (unpaired) electrons. The lowest BCUT2D eigenvalue weighted by Crippen LogP contribution is -2.44. The Balaban J connectivity index is 2.13. The Labute approximate surface area is 185 Å². The molecule has 0 fully saturated rings. The SMILES string of the molecule is CC(=O)N(C)[C@@H](CCCN=C(N)N)C(=O)Nc1ccc2c(c1)CNC(=O)C(CC(=O)O)N2. The number of guanidine groups is 1. The zero-order valence-corrected chi connectivity index (χ0v) is 18.1. The number of aliphatic imine (C=N–C) groups is 1. The number of rotatable bonds is 9. The average Bonchev–Trinajstić information content (AvgIpc) is 2.85. The van der Waals surface area contributed by atoms with E-state index in [4.69, 9.17) is 16.6 Å². The Hall–Kier alpha value is -3.83. The third-order valence-electron chi connectivity index (χ3n) is 5.05. The maximum Gasteiger partial charge on any atom is 0.305 e. The van der Waals surface area contributed by atoms with Crippen LogP contribution in [0.4, 0.5) is 11.4 Å². The first-order valence-electron chi connectivity index (χ1n) is 10.1. The van der Waals surface area contributed by atoms with Crippen LogP contribution in [0.1, 0.15) is 31.7 Å². The van der Waals surface area contributed by atoms with Gasteiger partial charge in [-0.1, -0.05) is 0 Å². The topological polar surface area (TPSA) is 192 Å². The van der Waals surface area contributed by atoms with E-state index >= 15 is 0 Å². The van der Waals surface area contributed by atoms with Crippen LogP contribution in [0.5, 0.6) is 0 Å². The summed E-state index contributed by atoms with van der Waals surface area (Å²) in [7, 11) is 1.55. The van der Waals surface area contributed by atoms with E-state index in [0.29, 0.717) is 36.3 Å². The molecule has 1 unspecified atom stereocenters. The summed E-state index contributed by atoms with van der Waals surface area (Å²) >= 11 is 0. The second-order valence-corrected chi connectivity index (χ2v) is 7.47. The Kier molecular flexibility index (Phi) is 8.38. The molecule has 1 aliphatic rings. The van der Waals surface area contributed by atoms with E-state index in [9.17, 15) is 19.2 Å². The molecule has 3 amide bonds. The molecule has 32 heavy (non-hydrogen) atoms. The number of hydrogen-bond donors (Lipinski definition) is 6. The molecular weight excluding hydrogens is 418 g/mol. The van der Waals surface area contributed by atoms with Gasteiger partial charge in [0.25, 0.3) is 0 Å². The van der Waals surface area contributed by atoms with Crippen LogP contribution in [0.15, 0.2) is 23.2 Å². The molecule has 1 aromatic rings. The van der Waals surface area contributed by atoms with Crippen LogP contribution in [0.25, 0.3) is 0 Å². The zero-order valence-electron chi connectivity index (χ0n) is 18.1. The predicted molar refractivity (Wildman–Crippen MR) is 119 cm³/mol. The maximum atomic E-state index is 12.9. The minimum Gasteiger partial charge on any atom is -0.481 e. The highest BCUT2D eigenvalue weighted by Crippen LogP contribution is 2.24. The van der Waals surface area contributed by atoms with Gasteiger partial charge in [-0.05, 0) is 36.6 Å². The first kappa shape index (κ1) is 24.4. The summed E-state index contributed by atoms with van der Waals surface area (Å²) < 4.78 is 0. The number of hydrogen-bond acceptors (Lipinski definition) is 6. The second-order valence-electron chi connectivity index (χ2n) is 7.47. The highest BCUT2D eigenvalue weighted by molar-refractivity contribution is 5.97. The molecule has 1 heterocycles. The first-order chi connectivity index (χ1) is 15.1. The summed E-state index contributed by atoms with van der Waals surface area (Å²) in [5, 5.41) is 17.4. The molecule has 2 atom stereocenters. The van der Waals surface area contributed by atoms with Gasteiger partial charge in [0.2, 0.25) is 17.7 Å². The second kappa shape index (κ2) is 11.0. The molecule has 12 heteroatoms. The number of benzene rings is 1. The fourth-order valence-electron chi connectivity index (χ4n) is 3.27. The van der Waals surface area contributed by atoms with Gasteiger partial charge in [0.1, 0.15) is 12.1 Å². The Morgan fingerprint density at radius 3 is 2.69 bits per heavy atom. The number of carbonyl (C=O) groups is 4. The number of nitrogens with two attached hydrogens (primary N) is 2. The Bertz CT molecular complexity index is 914. The normalized spacial score (nSPS) is 15.8. The van der Waals surface area contributed by atoms with Gasteiger partial charge in [-0.15, -0.1) is 0 Å². The number of nitrogens with one attached hydrogen (secondary N) is 3. The molecule has 0 saturated heterocycles. The number of carboxylic acid groups (broad SMARTS) is 1. The zero-order chi connectivity index (χ0) is 23.8. The van der Waals surface area contributed by atoms with Crippen molar-refractivity contribution < 1.29 is 24.3 Å². The largest absolute Gasteiger partial charge is 0.481 e. The summed E-state index contributed by atoms with van der Waals surface area (Å²) in [6, 6.07) is 3.38. The van der Waals surface area contributed by atoms with E-state index in [1.54, 1.807) is 25.2 Å². The number of carboxylic acids is 1. The molecule has 1 aromatic carbocycles. The van der Waals surface area contributed by atoms with Crippen LogP contribution in [0, 0.1) is 0 Å². The van der Waals surface area contributed by atoms with Gasteiger partial charge >= 0.3 is 5.97 Å². The highest BCUT2D eigenvalue weighted by atomic mass is 16.4. The van der Waals surface area contributed by atoms with Crippen LogP contribution in [-0.4, -0.2) is 65.3 Å². The lowest BCUT2D eigenvalue weighted by atomic mass is 10.1. The molecule has 2 rings (SSSR count). The van der Waals surface area contributed by atoms with E-state index in [-0.39, 0.29) is 30.7 Å². The van der Waals surface area contributed by atoms with Gasteiger partial charge in [0.15, 0.2) is 5.96 Å². The molecule has 0 bridgehead atoms. The Morgan fingerprint density at radius 2 is 2.06 bits per heavy atom. The average molecular weight is 447 g/mol. The van der Waals surface area contributed by atoms with E-state index in [1.165, 1.54) is 11.8 Å². The van der Waals surface area contributed by atoms with E-state index in [2.05, 4.69) is 20.9 Å². The molecule has 0 spiro atoms. The van der Waals surface area contributed by atoms with Crippen molar-refractivity contribution in [1.29, 1.82) is 0 Å². The monoisotopic (exact) mass is 447 g/mol. The predicted octanol–water partition coefficient (Wildman–Crippen LogP) is -0.589. The lowest BCUT2D eigenvalue weighted by molar-refractivity contribution is -0.139. The van der Waals surface area contributed by atoms with Gasteiger partial charge < -0.3 is 37.4 Å². The number of nitrogens with zero attached hydrogens (tertiary/aromatic N) is 2. The summed E-state index contributed by atoms with van der Waals surface area (Å²) in [6.07, 6.45) is 0.500. The first-order valence-corrected chi connectivity index (χ1v) is 10.1. The summed E-state index contributed by atoms with van der Waals surface area (Å²) in [4.78, 5) is 53.1. The van der Waals surface area contributed by atoms with Gasteiger partial charge in [-0.3, -0.25) is 24.2 Å². The van der Waals surface area contributed by atoms with Gasteiger partial charge in [0.05, 0.1) is 6.42 Å². The van der Waals surface area contributed by atoms with Crippen LogP contribution >= 0.6 is 0 Å². The van der Waals surface area contributed by atoms with Gasteiger partial charge in [0, 0.05) is 38.4 Å². The number of fused-ring (bicyclic) bond motifs is 1. The fourth-order valence-corrected chi connectivity index (χ4v) is 3.27. The van der Waals surface area contributed by atoms with E-state index in [1.807, 2.05) is 0 Å². The van der Waals surface area contributed by atoms with Crippen LogP contribution < -0.4 is 27.4 Å². The van der Waals surface area contributed by atoms with Crippen molar-refractivity contribution in [3.63, 3.8) is 0 Å². The lowest BCUT2D eigenvalue weighted by Gasteiger charge is -2.26. The highest BCUT2D eigenvalue weighted by Gasteiger charge is 2.27. The van der Waals surface area contributed by atoms with E-state index < -0.39 is 24.0 Å². The molecule has 0 saturated carbocycles. The number of aliphatic carboxylic acids is 1. The molecule has 8 N–H and O–H groups in total. The van der Waals surface area contributed by atoms with Crippen LogP contribution in [0.3, 0.4) is 0 Å². The third kappa shape index (κ3) is 6.86. The van der Waals surface area contributed by atoms with Crippen molar-refractivity contribution in [3.8, 4) is 0 Å². The van der Waals surface area contributed by atoms with Crippen LogP contribution in [-0.2, 0) is 25.7 Å². The number of anilines is 2. The molecule has 0 aromatic heterocycles. The standard InChI is InChI=1S/C20H29N7O5/c1-11(28)27(2)16(4-3-7-23-20(21)22)19(32)25-13-5-6-14-12(8-13)10-24-18(31)15(26-14)9-17(29)30/h5-6,8,15-16,26H,3-4,7,9-10H2,1-2H3,(H,24,31)(H,25,32)(H,29,30)(H4,21,22,23)/t15?,16-/m0/s1. The molecule has 174 valence electrons. The van der Waals surface area contributed by atoms with Gasteiger partial charge in [-0.25, -0.2) is 0 Å². The number of carbonyl (C=O) groups excluding carboxylic acids is 3. The minimum absolute atomic E-state index is 0.0396. The Morgan fingerprint density at radius 1 is 1.34 bits per heavy atom. The molecular formula is C20H29N7O5. The summed E-state index contributed by atoms with van der Waals surface area (Å²) in [5.74, 6) is -2.18. The molecule has 1 aliphatic heterocycles. The maximum absolute atomic E-state index is 12.9. The van der Waals surface area contributed by atoms with Crippen molar-refractivity contribution in [2.24, 2.45) is 16.5 Å². The molecule has 12 nitrogen and oxygen atoms in total. The van der Waals surface area contributed by atoms with E-state index in [0.717, 1.165) is 0 Å². The van der Waals surface area contributed by atoms with Crippen molar-refractivity contribution in [2.75, 3.05) is 24.2 Å². The van der Waals surface area contributed by atoms with Crippen molar-refractivity contribution in [2.45, 2.75) is 44.8 Å². The summed E-state index contributed by atoms with van der Waals surface area (Å²) in [5.41, 5.74) is 12.4. The van der Waals surface area contributed by atoms with Crippen molar-refractivity contribution in [1.82, 2.24) is 10.2 Å². The summed E-state index contributed by atoms with van der Waals surface area (Å²) in [6.45, 7) is 1.89. The van der Waals surface area contributed by atoms with Crippen molar-refractivity contribution >= 4 is 41.0 Å². The quantitative estimate of drug-likeness (QED) is 0.164.